The van der Waals surface area contributed by atoms with E-state index in [9.17, 15) is 22.8 Å². The number of carbonyl (C=O) groups is 3. The van der Waals surface area contributed by atoms with Gasteiger partial charge in [-0.05, 0) is 44.0 Å². The van der Waals surface area contributed by atoms with Gasteiger partial charge in [0.05, 0.1) is 16.7 Å². The molecule has 2 fully saturated rings. The van der Waals surface area contributed by atoms with E-state index in [0.717, 1.165) is 22.0 Å². The zero-order valence-corrected chi connectivity index (χ0v) is 18.8. The first-order valence-electron chi connectivity index (χ1n) is 10.3. The molecule has 1 saturated heterocycles. The second kappa shape index (κ2) is 9.35. The first-order chi connectivity index (χ1) is 14.6. The first-order valence-corrected chi connectivity index (χ1v) is 11.8. The van der Waals surface area contributed by atoms with Crippen molar-refractivity contribution >= 4 is 27.8 Å². The topological polar surface area (TPSA) is 110 Å². The summed E-state index contributed by atoms with van der Waals surface area (Å²) in [5, 5.41) is 0. The van der Waals surface area contributed by atoms with Crippen molar-refractivity contribution < 1.29 is 32.3 Å². The minimum Gasteiger partial charge on any atom is -0.490 e. The molecule has 2 aliphatic rings. The Bertz CT molecular complexity index is 919. The molecule has 9 nitrogen and oxygen atoms in total. The Morgan fingerprint density at radius 2 is 1.61 bits per heavy atom. The number of rotatable bonds is 8. The van der Waals surface area contributed by atoms with Gasteiger partial charge in [0.15, 0.2) is 0 Å². The number of likely N-dealkylation sites (tertiary alicyclic amines) is 1. The molecule has 31 heavy (non-hydrogen) atoms. The van der Waals surface area contributed by atoms with Gasteiger partial charge in [-0.25, -0.2) is 17.5 Å². The number of nitrogens with zero attached hydrogens (tertiary/aromatic N) is 2. The normalized spacial score (nSPS) is 22.4. The molecule has 170 valence electrons. The van der Waals surface area contributed by atoms with Crippen LogP contribution in [0.4, 0.5) is 0 Å². The lowest BCUT2D eigenvalue weighted by Crippen LogP contribution is -2.44. The minimum atomic E-state index is -3.52. The molecule has 0 bridgehead atoms. The number of sulfonamides is 1. The van der Waals surface area contributed by atoms with Crippen LogP contribution in [-0.4, -0.2) is 68.8 Å². The molecular formula is C21H28N2O7S. The second-order valence-electron chi connectivity index (χ2n) is 7.99. The van der Waals surface area contributed by atoms with Crippen LogP contribution in [0.15, 0.2) is 29.2 Å². The molecule has 3 unspecified atom stereocenters. The van der Waals surface area contributed by atoms with Crippen LogP contribution in [0.1, 0.15) is 32.6 Å². The Balaban J connectivity index is 1.48. The van der Waals surface area contributed by atoms with Crippen molar-refractivity contribution in [2.75, 3.05) is 27.3 Å². The number of hydrogen-bond acceptors (Lipinski definition) is 7. The summed E-state index contributed by atoms with van der Waals surface area (Å²) in [6.07, 6.45) is 3.23. The second-order valence-corrected chi connectivity index (χ2v) is 10.1. The summed E-state index contributed by atoms with van der Waals surface area (Å²) in [5.74, 6) is -1.39. The Hall–Kier alpha value is -2.46. The molecule has 1 aliphatic carbocycles. The highest BCUT2D eigenvalue weighted by Crippen LogP contribution is 2.38. The number of ether oxygens (including phenoxy) is 2. The summed E-state index contributed by atoms with van der Waals surface area (Å²) in [4.78, 5) is 38.7. The Morgan fingerprint density at radius 3 is 2.13 bits per heavy atom. The van der Waals surface area contributed by atoms with E-state index in [1.807, 2.05) is 0 Å². The van der Waals surface area contributed by atoms with Gasteiger partial charge < -0.3 is 9.47 Å². The molecule has 2 amide bonds. The molecular weight excluding hydrogens is 424 g/mol. The number of fused-ring (bicyclic) bond motifs is 1. The summed E-state index contributed by atoms with van der Waals surface area (Å²) in [6.45, 7) is 1.48. The van der Waals surface area contributed by atoms with Crippen LogP contribution in [-0.2, 0) is 29.1 Å². The van der Waals surface area contributed by atoms with Gasteiger partial charge in [-0.15, -0.1) is 0 Å². The molecule has 1 heterocycles. The molecule has 3 rings (SSSR count). The Kier molecular flexibility index (Phi) is 7.00. The molecule has 1 aromatic carbocycles. The van der Waals surface area contributed by atoms with E-state index in [2.05, 4.69) is 0 Å². The highest BCUT2D eigenvalue weighted by molar-refractivity contribution is 7.89. The van der Waals surface area contributed by atoms with E-state index in [1.54, 1.807) is 0 Å². The zero-order valence-electron chi connectivity index (χ0n) is 17.9. The van der Waals surface area contributed by atoms with Crippen molar-refractivity contribution in [2.24, 2.45) is 11.8 Å². The van der Waals surface area contributed by atoms with Gasteiger partial charge >= 0.3 is 5.97 Å². The molecule has 1 saturated carbocycles. The Labute approximate surface area is 182 Å². The molecule has 3 atom stereocenters. The molecule has 1 aliphatic heterocycles. The average molecular weight is 453 g/mol. The van der Waals surface area contributed by atoms with Gasteiger partial charge in [0, 0.05) is 14.1 Å². The van der Waals surface area contributed by atoms with Crippen molar-refractivity contribution in [3.05, 3.63) is 24.3 Å². The summed E-state index contributed by atoms with van der Waals surface area (Å²) in [6, 6.07) is 4.93. The maximum atomic E-state index is 12.6. The number of imide groups is 1. The van der Waals surface area contributed by atoms with E-state index in [-0.39, 0.29) is 41.8 Å². The summed E-state index contributed by atoms with van der Waals surface area (Å²) in [5.41, 5.74) is 0. The van der Waals surface area contributed by atoms with Crippen LogP contribution in [0.5, 0.6) is 5.75 Å². The quantitative estimate of drug-likeness (QED) is 0.333. The van der Waals surface area contributed by atoms with Crippen LogP contribution in [0.3, 0.4) is 0 Å². The van der Waals surface area contributed by atoms with Crippen LogP contribution in [0.2, 0.25) is 0 Å². The van der Waals surface area contributed by atoms with E-state index >= 15 is 0 Å². The Morgan fingerprint density at radius 1 is 1.06 bits per heavy atom. The summed E-state index contributed by atoms with van der Waals surface area (Å²) in [7, 11) is -0.615. The fraction of sp³-hybridized carbons (Fsp3) is 0.571. The summed E-state index contributed by atoms with van der Waals surface area (Å²) >= 11 is 0. The largest absolute Gasteiger partial charge is 0.490 e. The van der Waals surface area contributed by atoms with Gasteiger partial charge in [-0.2, -0.15) is 0 Å². The lowest BCUT2D eigenvalue weighted by Gasteiger charge is -2.21. The number of benzene rings is 1. The third-order valence-corrected chi connectivity index (χ3v) is 7.63. The predicted octanol–water partition coefficient (Wildman–Crippen LogP) is 1.42. The van der Waals surface area contributed by atoms with Crippen LogP contribution in [0.25, 0.3) is 0 Å². The smallest absolute Gasteiger partial charge is 0.329 e. The minimum absolute atomic E-state index is 0.0470. The number of carbonyl (C=O) groups excluding carboxylic acids is 3. The molecule has 1 aromatic rings. The van der Waals surface area contributed by atoms with Gasteiger partial charge in [0.1, 0.15) is 25.0 Å². The maximum absolute atomic E-state index is 12.6. The fourth-order valence-corrected chi connectivity index (χ4v) is 4.92. The van der Waals surface area contributed by atoms with Crippen LogP contribution in [0, 0.1) is 11.8 Å². The molecule has 0 aromatic heterocycles. The maximum Gasteiger partial charge on any atom is 0.329 e. The molecule has 10 heteroatoms. The van der Waals surface area contributed by atoms with Crippen molar-refractivity contribution in [2.45, 2.75) is 43.5 Å². The third-order valence-electron chi connectivity index (χ3n) is 5.80. The average Bonchev–Trinajstić information content (AvgIpc) is 3.01. The number of esters is 1. The van der Waals surface area contributed by atoms with E-state index in [4.69, 9.17) is 9.47 Å². The SMILES string of the molecule is CC(C(=O)OCCOc1ccc(S(=O)(=O)N(C)C)cc1)N1C(=O)C2CCCCC2C1=O. The highest BCUT2D eigenvalue weighted by atomic mass is 32.2. The van der Waals surface area contributed by atoms with Gasteiger partial charge in [0.25, 0.3) is 0 Å². The zero-order chi connectivity index (χ0) is 22.8. The third kappa shape index (κ3) is 4.74. The van der Waals surface area contributed by atoms with Gasteiger partial charge in [-0.1, -0.05) is 12.8 Å². The monoisotopic (exact) mass is 452 g/mol. The lowest BCUT2D eigenvalue weighted by atomic mass is 9.81. The van der Waals surface area contributed by atoms with Crippen LogP contribution < -0.4 is 4.74 Å². The number of amides is 2. The van der Waals surface area contributed by atoms with Crippen molar-refractivity contribution in [3.63, 3.8) is 0 Å². The van der Waals surface area contributed by atoms with E-state index in [1.165, 1.54) is 45.3 Å². The van der Waals surface area contributed by atoms with Crippen molar-refractivity contribution in [1.82, 2.24) is 9.21 Å². The highest BCUT2D eigenvalue weighted by Gasteiger charge is 2.51. The lowest BCUT2D eigenvalue weighted by molar-refractivity contribution is -0.158. The molecule has 0 N–H and O–H groups in total. The first kappa shape index (κ1) is 23.2. The van der Waals surface area contributed by atoms with Crippen LogP contribution >= 0.6 is 0 Å². The summed E-state index contributed by atoms with van der Waals surface area (Å²) < 4.78 is 35.9. The number of hydrogen-bond donors (Lipinski definition) is 0. The van der Waals surface area contributed by atoms with E-state index in [0.29, 0.717) is 18.6 Å². The molecule has 0 spiro atoms. The van der Waals surface area contributed by atoms with Gasteiger partial charge in [-0.3, -0.25) is 14.5 Å². The van der Waals surface area contributed by atoms with Crippen molar-refractivity contribution in [3.8, 4) is 5.75 Å². The molecule has 0 radical (unpaired) electrons. The fourth-order valence-electron chi connectivity index (χ4n) is 4.02. The van der Waals surface area contributed by atoms with E-state index < -0.39 is 22.0 Å². The van der Waals surface area contributed by atoms with Crippen molar-refractivity contribution in [1.29, 1.82) is 0 Å². The standard InChI is InChI=1S/C21H28N2O7S/c1-14(23-19(24)17-6-4-5-7-18(17)20(23)25)21(26)30-13-12-29-15-8-10-16(11-9-15)31(27,28)22(2)3/h8-11,14,17-18H,4-7,12-13H2,1-3H3. The van der Waals surface area contributed by atoms with Gasteiger partial charge in [0.2, 0.25) is 21.8 Å². The predicted molar refractivity (Wildman–Crippen MR) is 111 cm³/mol.